The minimum atomic E-state index is -1.82. The van der Waals surface area contributed by atoms with E-state index >= 15 is 0 Å². The zero-order valence-corrected chi connectivity index (χ0v) is 12.1. The lowest BCUT2D eigenvalue weighted by Gasteiger charge is -2.16. The molecule has 0 aliphatic rings. The van der Waals surface area contributed by atoms with E-state index in [1.54, 1.807) is 0 Å². The highest BCUT2D eigenvalue weighted by Crippen LogP contribution is 2.31. The van der Waals surface area contributed by atoms with Crippen molar-refractivity contribution in [3.05, 3.63) is 34.9 Å². The van der Waals surface area contributed by atoms with Crippen LogP contribution in [0.15, 0.2) is 18.2 Å². The van der Waals surface area contributed by atoms with Crippen LogP contribution in [0.1, 0.15) is 34.5 Å². The maximum Gasteiger partial charge on any atom is 0.337 e. The van der Waals surface area contributed by atoms with Crippen LogP contribution in [0.25, 0.3) is 0 Å². The van der Waals surface area contributed by atoms with Gasteiger partial charge in [-0.15, -0.1) is 0 Å². The van der Waals surface area contributed by atoms with E-state index in [1.165, 1.54) is 25.1 Å². The van der Waals surface area contributed by atoms with Gasteiger partial charge in [0.05, 0.1) is 11.2 Å². The van der Waals surface area contributed by atoms with Crippen LogP contribution in [-0.2, 0) is 20.8 Å². The molecule has 0 fully saturated rings. The number of aliphatic carboxylic acids is 2. The van der Waals surface area contributed by atoms with E-state index in [0.29, 0.717) is 11.1 Å². The Balaban J connectivity index is 3.33. The first-order chi connectivity index (χ1) is 9.23. The number of carbonyl (C=O) groups is 3. The first-order valence-corrected chi connectivity index (χ1v) is 6.55. The summed E-state index contributed by atoms with van der Waals surface area (Å²) >= 11 is 3.12. The molecule has 20 heavy (non-hydrogen) atoms. The monoisotopic (exact) mass is 344 g/mol. The summed E-state index contributed by atoms with van der Waals surface area (Å²) < 4.78 is 0. The maximum absolute atomic E-state index is 11.4. The van der Waals surface area contributed by atoms with Gasteiger partial charge in [0.1, 0.15) is 5.78 Å². The van der Waals surface area contributed by atoms with Gasteiger partial charge in [-0.25, -0.2) is 4.79 Å². The van der Waals surface area contributed by atoms with Crippen molar-refractivity contribution in [1.82, 2.24) is 0 Å². The number of carbonyl (C=O) groups excluding carboxylic acids is 1. The molecule has 2 atom stereocenters. The van der Waals surface area contributed by atoms with Gasteiger partial charge in [-0.1, -0.05) is 34.1 Å². The quantitative estimate of drug-likeness (QED) is 0.673. The first-order valence-electron chi connectivity index (χ1n) is 5.64. The summed E-state index contributed by atoms with van der Waals surface area (Å²) in [6, 6.07) is 4.22. The summed E-state index contributed by atoms with van der Waals surface area (Å²) in [5.74, 6) is -2.80. The Hall–Kier alpha value is -1.73. The van der Waals surface area contributed by atoms with Crippen molar-refractivity contribution < 1.29 is 29.7 Å². The number of carboxylic acids is 2. The molecule has 0 saturated carbocycles. The molecule has 0 aliphatic carbocycles. The van der Waals surface area contributed by atoms with Crippen molar-refractivity contribution in [3.8, 4) is 0 Å². The predicted octanol–water partition coefficient (Wildman–Crippen LogP) is 1.46. The topological polar surface area (TPSA) is 112 Å². The molecule has 0 aromatic heterocycles. The number of hydrogen-bond acceptors (Lipinski definition) is 4. The van der Waals surface area contributed by atoms with Crippen LogP contribution >= 0.6 is 15.9 Å². The molecule has 1 rings (SSSR count). The number of alkyl halides is 1. The minimum Gasteiger partial charge on any atom is -0.481 e. The van der Waals surface area contributed by atoms with Crippen molar-refractivity contribution in [3.63, 3.8) is 0 Å². The zero-order chi connectivity index (χ0) is 15.4. The summed E-state index contributed by atoms with van der Waals surface area (Å²) in [6.45, 7) is 1.32. The normalized spacial score (nSPS) is 13.6. The summed E-state index contributed by atoms with van der Waals surface area (Å²) in [5, 5.41) is 27.3. The molecular formula is C13H13BrO6. The number of aliphatic hydroxyl groups is 1. The average Bonchev–Trinajstić information content (AvgIpc) is 2.35. The maximum atomic E-state index is 11.4. The van der Waals surface area contributed by atoms with E-state index in [-0.39, 0.29) is 17.8 Å². The second-order valence-electron chi connectivity index (χ2n) is 4.25. The highest BCUT2D eigenvalue weighted by atomic mass is 79.9. The molecule has 0 radical (unpaired) electrons. The van der Waals surface area contributed by atoms with Gasteiger partial charge in [0.2, 0.25) is 0 Å². The number of benzene rings is 1. The van der Waals surface area contributed by atoms with Gasteiger partial charge in [-0.2, -0.15) is 0 Å². The Bertz CT molecular complexity index is 554. The molecule has 1 aromatic carbocycles. The van der Waals surface area contributed by atoms with E-state index in [1.807, 2.05) is 0 Å². The van der Waals surface area contributed by atoms with Crippen molar-refractivity contribution >= 4 is 33.7 Å². The van der Waals surface area contributed by atoms with Crippen LogP contribution in [0.5, 0.6) is 0 Å². The molecule has 2 unspecified atom stereocenters. The van der Waals surface area contributed by atoms with Crippen LogP contribution in [0, 0.1) is 0 Å². The average molecular weight is 345 g/mol. The third-order valence-electron chi connectivity index (χ3n) is 2.67. The molecular weight excluding hydrogens is 332 g/mol. The third-order valence-corrected chi connectivity index (χ3v) is 3.80. The minimum absolute atomic E-state index is 0.00771. The number of halogens is 1. The highest BCUT2D eigenvalue weighted by molar-refractivity contribution is 9.09. The second-order valence-corrected chi connectivity index (χ2v) is 5.16. The van der Waals surface area contributed by atoms with Gasteiger partial charge in [0.15, 0.2) is 6.10 Å². The summed E-state index contributed by atoms with van der Waals surface area (Å²) in [7, 11) is 0. The number of ketones is 1. The lowest BCUT2D eigenvalue weighted by Crippen LogP contribution is -2.16. The smallest absolute Gasteiger partial charge is 0.337 e. The molecule has 0 amide bonds. The molecule has 6 nitrogen and oxygen atoms in total. The molecule has 0 spiro atoms. The van der Waals surface area contributed by atoms with Crippen molar-refractivity contribution in [2.24, 2.45) is 0 Å². The Morgan fingerprint density at radius 3 is 2.25 bits per heavy atom. The van der Waals surface area contributed by atoms with Crippen LogP contribution in [-0.4, -0.2) is 33.0 Å². The number of carboxylic acid groups (broad SMARTS) is 2. The zero-order valence-electron chi connectivity index (χ0n) is 10.5. The first kappa shape index (κ1) is 16.3. The Morgan fingerprint density at radius 2 is 1.80 bits per heavy atom. The van der Waals surface area contributed by atoms with Crippen LogP contribution < -0.4 is 0 Å². The van der Waals surface area contributed by atoms with E-state index < -0.39 is 22.9 Å². The van der Waals surface area contributed by atoms with E-state index in [0.717, 1.165) is 0 Å². The van der Waals surface area contributed by atoms with Gasteiger partial charge >= 0.3 is 11.9 Å². The van der Waals surface area contributed by atoms with E-state index in [4.69, 9.17) is 10.2 Å². The van der Waals surface area contributed by atoms with Crippen LogP contribution in [0.4, 0.5) is 0 Å². The van der Waals surface area contributed by atoms with Gasteiger partial charge in [-0.05, 0) is 23.6 Å². The van der Waals surface area contributed by atoms with Gasteiger partial charge in [-0.3, -0.25) is 9.59 Å². The summed E-state index contributed by atoms with van der Waals surface area (Å²) in [6.07, 6.45) is -2.12. The lowest BCUT2D eigenvalue weighted by molar-refractivity contribution is -0.147. The van der Waals surface area contributed by atoms with Gasteiger partial charge < -0.3 is 15.3 Å². The van der Waals surface area contributed by atoms with E-state index in [9.17, 15) is 19.5 Å². The van der Waals surface area contributed by atoms with Crippen LogP contribution in [0.3, 0.4) is 0 Å². The fraction of sp³-hybridized carbons (Fsp3) is 0.308. The standard InChI is InChI=1S/C13H13BrO6/c1-6(15)11(14)8-3-2-7(5-10(16)17)4-9(8)12(18)13(19)20/h2-4,11-12,18H,5H2,1H3,(H,16,17)(H,19,20). The third kappa shape index (κ3) is 3.88. The highest BCUT2D eigenvalue weighted by Gasteiger charge is 2.25. The van der Waals surface area contributed by atoms with Gasteiger partial charge in [0, 0.05) is 0 Å². The molecule has 1 aromatic rings. The number of rotatable bonds is 6. The molecule has 3 N–H and O–H groups in total. The molecule has 0 aliphatic heterocycles. The molecule has 0 heterocycles. The number of hydrogen-bond donors (Lipinski definition) is 3. The lowest BCUT2D eigenvalue weighted by atomic mass is 9.95. The fourth-order valence-corrected chi connectivity index (χ4v) is 2.15. The molecule has 108 valence electrons. The predicted molar refractivity (Wildman–Crippen MR) is 72.7 cm³/mol. The van der Waals surface area contributed by atoms with Crippen LogP contribution in [0.2, 0.25) is 0 Å². The summed E-state index contributed by atoms with van der Waals surface area (Å²) in [5.41, 5.74) is 0.662. The van der Waals surface area contributed by atoms with Crippen molar-refractivity contribution in [2.45, 2.75) is 24.3 Å². The fourth-order valence-electron chi connectivity index (χ4n) is 1.73. The second kappa shape index (κ2) is 6.62. The molecule has 7 heteroatoms. The Morgan fingerprint density at radius 1 is 1.20 bits per heavy atom. The van der Waals surface area contributed by atoms with Crippen molar-refractivity contribution in [2.75, 3.05) is 0 Å². The number of Topliss-reactive ketones (excluding diaryl/α,β-unsaturated/α-hetero) is 1. The van der Waals surface area contributed by atoms with Gasteiger partial charge in [0.25, 0.3) is 0 Å². The largest absolute Gasteiger partial charge is 0.481 e. The number of aliphatic hydroxyl groups excluding tert-OH is 1. The SMILES string of the molecule is CC(=O)C(Br)c1ccc(CC(=O)O)cc1C(O)C(=O)O. The molecule has 0 saturated heterocycles. The molecule has 0 bridgehead atoms. The Labute approximate surface area is 123 Å². The van der Waals surface area contributed by atoms with Crippen molar-refractivity contribution in [1.29, 1.82) is 0 Å². The Kier molecular flexibility index (Phi) is 5.41. The summed E-state index contributed by atoms with van der Waals surface area (Å²) in [4.78, 5) is 32.2. The van der Waals surface area contributed by atoms with E-state index in [2.05, 4.69) is 15.9 Å².